The van der Waals surface area contributed by atoms with Gasteiger partial charge in [0.2, 0.25) is 5.91 Å². The van der Waals surface area contributed by atoms with Gasteiger partial charge in [0.1, 0.15) is 0 Å². The molecule has 406 valence electrons. The number of carbonyl (C=O) groups excluding carboxylic acids is 1. The van der Waals surface area contributed by atoms with Crippen molar-refractivity contribution in [2.24, 2.45) is 0 Å². The number of nitrogens with one attached hydrogen (secondary N) is 1. The first-order valence-electron chi connectivity index (χ1n) is 31.4. The topological polar surface area (TPSA) is 69.6 Å². The minimum Gasteiger partial charge on any atom is -0.394 e. The molecule has 0 aliphatic rings. The highest BCUT2D eigenvalue weighted by Crippen LogP contribution is 2.17. The second-order valence-electron chi connectivity index (χ2n) is 21.5. The molecule has 0 aliphatic carbocycles. The van der Waals surface area contributed by atoms with E-state index in [9.17, 15) is 15.0 Å². The molecule has 3 N–H and O–H groups in total. The first-order valence-corrected chi connectivity index (χ1v) is 31.4. The average Bonchev–Trinajstić information content (AvgIpc) is 3.35. The minimum absolute atomic E-state index is 0.0740. The third kappa shape index (κ3) is 57.1. The Morgan fingerprint density at radius 3 is 0.841 bits per heavy atom. The van der Waals surface area contributed by atoms with E-state index in [1.807, 2.05) is 6.08 Å². The molecule has 0 aromatic carbocycles. The summed E-state index contributed by atoms with van der Waals surface area (Å²) in [6, 6.07) is -0.647. The molecule has 0 aromatic heterocycles. The molecule has 0 heterocycles. The van der Waals surface area contributed by atoms with Crippen LogP contribution in [0.5, 0.6) is 0 Å². The Morgan fingerprint density at radius 1 is 0.333 bits per heavy atom. The van der Waals surface area contributed by atoms with Crippen LogP contribution in [0.2, 0.25) is 0 Å². The lowest BCUT2D eigenvalue weighted by Gasteiger charge is -2.19. The van der Waals surface area contributed by atoms with Crippen molar-refractivity contribution in [2.75, 3.05) is 6.61 Å². The number of hydrogen-bond acceptors (Lipinski definition) is 3. The zero-order chi connectivity index (χ0) is 49.9. The number of amides is 1. The molecule has 4 heteroatoms. The molecule has 1 amide bonds. The van der Waals surface area contributed by atoms with Crippen molar-refractivity contribution in [3.63, 3.8) is 0 Å². The molecule has 0 aliphatic heterocycles. The molecule has 0 rings (SSSR count). The minimum atomic E-state index is -0.872. The fraction of sp³-hybridized carbons (Fsp3) is 0.862. The zero-order valence-electron chi connectivity index (χ0n) is 46.8. The van der Waals surface area contributed by atoms with Crippen LogP contribution in [-0.2, 0) is 4.79 Å². The number of hydrogen-bond donors (Lipinski definition) is 3. The van der Waals surface area contributed by atoms with Gasteiger partial charge in [-0.15, -0.1) is 0 Å². The van der Waals surface area contributed by atoms with Crippen LogP contribution in [-0.4, -0.2) is 34.9 Å². The Bertz CT molecular complexity index is 1090. The highest BCUT2D eigenvalue weighted by Gasteiger charge is 2.18. The van der Waals surface area contributed by atoms with E-state index in [0.717, 1.165) is 38.5 Å². The number of aliphatic hydroxyl groups is 2. The first-order chi connectivity index (χ1) is 34.2. The van der Waals surface area contributed by atoms with Crippen molar-refractivity contribution in [3.05, 3.63) is 48.6 Å². The van der Waals surface area contributed by atoms with Crippen LogP contribution in [0.25, 0.3) is 0 Å². The van der Waals surface area contributed by atoms with Gasteiger partial charge < -0.3 is 15.5 Å². The van der Waals surface area contributed by atoms with Crippen molar-refractivity contribution < 1.29 is 15.0 Å². The lowest BCUT2D eigenvalue weighted by molar-refractivity contribution is -0.123. The zero-order valence-corrected chi connectivity index (χ0v) is 46.8. The average molecular weight is 967 g/mol. The SMILES string of the molecule is CCCCCCCCCC/C=C\CCCCCCCCCCCCCCCC(=O)NC(CO)C(O)/C=C/CC/C=C/CC/C=C/CCCCCCCCCCCCCCCCCCCCCCCC. The molecule has 2 atom stereocenters. The Hall–Kier alpha value is -1.65. The normalized spacial score (nSPS) is 13.0. The summed E-state index contributed by atoms with van der Waals surface area (Å²) in [6.45, 7) is 4.33. The molecule has 4 nitrogen and oxygen atoms in total. The van der Waals surface area contributed by atoms with Crippen LogP contribution in [0.3, 0.4) is 0 Å². The van der Waals surface area contributed by atoms with Gasteiger partial charge in [0.15, 0.2) is 0 Å². The molecule has 2 unspecified atom stereocenters. The standard InChI is InChI=1S/C65H123NO3/c1-3-5-7-9-11-13-15-17-19-21-23-25-27-29-30-31-32-33-34-35-37-38-40-42-44-46-48-50-52-54-56-58-60-64(68)63(62-67)66-65(69)61-59-57-55-53-51-49-47-45-43-41-39-36-28-26-24-22-20-18-16-14-12-10-8-6-4-2/h22,24,42,44,50,52,58,60,63-64,67-68H,3-21,23,25-41,43,45-49,51,53-57,59,61-62H2,1-2H3,(H,66,69)/b24-22-,44-42+,52-50+,60-58+. The van der Waals surface area contributed by atoms with Crippen molar-refractivity contribution in [2.45, 2.75) is 353 Å². The highest BCUT2D eigenvalue weighted by atomic mass is 16.3. The van der Waals surface area contributed by atoms with Gasteiger partial charge in [-0.3, -0.25) is 4.79 Å². The smallest absolute Gasteiger partial charge is 0.220 e. The van der Waals surface area contributed by atoms with Crippen molar-refractivity contribution in [3.8, 4) is 0 Å². The quantitative estimate of drug-likeness (QED) is 0.0420. The summed E-state index contributed by atoms with van der Waals surface area (Å²) < 4.78 is 0. The number of allylic oxidation sites excluding steroid dienone is 7. The van der Waals surface area contributed by atoms with Gasteiger partial charge in [-0.2, -0.15) is 0 Å². The molecule has 0 saturated heterocycles. The van der Waals surface area contributed by atoms with Crippen LogP contribution < -0.4 is 5.32 Å². The maximum Gasteiger partial charge on any atom is 0.220 e. The molecule has 0 saturated carbocycles. The Morgan fingerprint density at radius 2 is 0.565 bits per heavy atom. The van der Waals surface area contributed by atoms with E-state index in [1.165, 1.54) is 283 Å². The molecule has 0 radical (unpaired) electrons. The molecule has 0 aromatic rings. The second-order valence-corrected chi connectivity index (χ2v) is 21.5. The highest BCUT2D eigenvalue weighted by molar-refractivity contribution is 5.76. The second kappa shape index (κ2) is 60.7. The summed E-state index contributed by atoms with van der Waals surface area (Å²) in [7, 11) is 0. The molecule has 69 heavy (non-hydrogen) atoms. The molecule has 0 fully saturated rings. The summed E-state index contributed by atoms with van der Waals surface area (Å²) in [5.41, 5.74) is 0. The Labute approximate surface area is 433 Å². The van der Waals surface area contributed by atoms with Crippen LogP contribution in [0.1, 0.15) is 341 Å². The van der Waals surface area contributed by atoms with E-state index >= 15 is 0 Å². The summed E-state index contributed by atoms with van der Waals surface area (Å²) in [5, 5.41) is 23.2. The number of carbonyl (C=O) groups is 1. The van der Waals surface area contributed by atoms with Gasteiger partial charge in [0.05, 0.1) is 18.8 Å². The van der Waals surface area contributed by atoms with Crippen LogP contribution in [0.15, 0.2) is 48.6 Å². The maximum atomic E-state index is 12.5. The Balaban J connectivity index is 3.51. The van der Waals surface area contributed by atoms with Gasteiger partial charge in [0.25, 0.3) is 0 Å². The Kier molecular flexibility index (Phi) is 59.2. The van der Waals surface area contributed by atoms with Crippen molar-refractivity contribution in [1.29, 1.82) is 0 Å². The summed E-state index contributed by atoms with van der Waals surface area (Å²) in [5.74, 6) is -0.0740. The summed E-state index contributed by atoms with van der Waals surface area (Å²) in [6.07, 6.45) is 84.5. The van der Waals surface area contributed by atoms with E-state index < -0.39 is 12.1 Å². The van der Waals surface area contributed by atoms with Crippen molar-refractivity contribution >= 4 is 5.91 Å². The fourth-order valence-electron chi connectivity index (χ4n) is 9.74. The van der Waals surface area contributed by atoms with Gasteiger partial charge in [-0.1, -0.05) is 313 Å². The third-order valence-electron chi connectivity index (χ3n) is 14.5. The number of unbranched alkanes of at least 4 members (excludes halogenated alkanes) is 45. The van der Waals surface area contributed by atoms with Gasteiger partial charge >= 0.3 is 0 Å². The van der Waals surface area contributed by atoms with Crippen molar-refractivity contribution in [1.82, 2.24) is 5.32 Å². The van der Waals surface area contributed by atoms with Gasteiger partial charge in [-0.05, 0) is 70.6 Å². The lowest BCUT2D eigenvalue weighted by atomic mass is 10.0. The van der Waals surface area contributed by atoms with Crippen LogP contribution >= 0.6 is 0 Å². The predicted octanol–water partition coefficient (Wildman–Crippen LogP) is 21.0. The van der Waals surface area contributed by atoms with E-state index in [2.05, 4.69) is 55.6 Å². The predicted molar refractivity (Wildman–Crippen MR) is 308 cm³/mol. The number of rotatable bonds is 58. The van der Waals surface area contributed by atoms with E-state index in [0.29, 0.717) is 6.42 Å². The fourth-order valence-corrected chi connectivity index (χ4v) is 9.74. The lowest BCUT2D eigenvalue weighted by Crippen LogP contribution is -2.45. The maximum absolute atomic E-state index is 12.5. The monoisotopic (exact) mass is 966 g/mol. The van der Waals surface area contributed by atoms with Crippen LogP contribution in [0.4, 0.5) is 0 Å². The molecular formula is C65H123NO3. The largest absolute Gasteiger partial charge is 0.394 e. The first kappa shape index (κ1) is 67.3. The van der Waals surface area contributed by atoms with Gasteiger partial charge in [-0.25, -0.2) is 0 Å². The number of aliphatic hydroxyl groups excluding tert-OH is 2. The summed E-state index contributed by atoms with van der Waals surface area (Å²) >= 11 is 0. The summed E-state index contributed by atoms with van der Waals surface area (Å²) in [4.78, 5) is 12.5. The van der Waals surface area contributed by atoms with Crippen LogP contribution in [0, 0.1) is 0 Å². The van der Waals surface area contributed by atoms with E-state index in [-0.39, 0.29) is 12.5 Å². The third-order valence-corrected chi connectivity index (χ3v) is 14.5. The molecule has 0 spiro atoms. The molecular weight excluding hydrogens is 843 g/mol. The van der Waals surface area contributed by atoms with E-state index in [4.69, 9.17) is 0 Å². The molecule has 0 bridgehead atoms. The van der Waals surface area contributed by atoms with E-state index in [1.54, 1.807) is 6.08 Å². The van der Waals surface area contributed by atoms with Gasteiger partial charge in [0, 0.05) is 6.42 Å².